The number of hydrogen-bond donors (Lipinski definition) is 1. The molecule has 1 N–H and O–H groups in total. The van der Waals surface area contributed by atoms with Gasteiger partial charge in [-0.2, -0.15) is 4.98 Å². The summed E-state index contributed by atoms with van der Waals surface area (Å²) in [5.41, 5.74) is 0.502. The minimum absolute atomic E-state index is 0.185. The third-order valence-corrected chi connectivity index (χ3v) is 2.84. The Kier molecular flexibility index (Phi) is 4.03. The first kappa shape index (κ1) is 12.7. The van der Waals surface area contributed by atoms with Crippen molar-refractivity contribution in [3.8, 4) is 0 Å². The van der Waals surface area contributed by atoms with Crippen molar-refractivity contribution in [2.24, 2.45) is 0 Å². The zero-order valence-corrected chi connectivity index (χ0v) is 11.3. The van der Waals surface area contributed by atoms with Crippen molar-refractivity contribution in [2.75, 3.05) is 6.54 Å². The van der Waals surface area contributed by atoms with Crippen LogP contribution < -0.4 is 5.32 Å². The maximum atomic E-state index is 11.8. The lowest BCUT2D eigenvalue weighted by Crippen LogP contribution is -2.26. The summed E-state index contributed by atoms with van der Waals surface area (Å²) in [5.74, 6) is 0.916. The number of pyridine rings is 1. The molecular formula is C11H11BrN4O2. The van der Waals surface area contributed by atoms with Crippen molar-refractivity contribution >= 4 is 21.8 Å². The molecule has 0 bridgehead atoms. The van der Waals surface area contributed by atoms with E-state index < -0.39 is 0 Å². The van der Waals surface area contributed by atoms with E-state index in [-0.39, 0.29) is 5.91 Å². The van der Waals surface area contributed by atoms with Crippen LogP contribution in [0.2, 0.25) is 0 Å². The van der Waals surface area contributed by atoms with Gasteiger partial charge in [-0.3, -0.25) is 4.79 Å². The second kappa shape index (κ2) is 5.72. The summed E-state index contributed by atoms with van der Waals surface area (Å²) < 4.78 is 5.36. The summed E-state index contributed by atoms with van der Waals surface area (Å²) in [6.07, 6.45) is 2.14. The number of nitrogens with zero attached hydrogens (tertiary/aromatic N) is 3. The largest absolute Gasteiger partial charge is 0.351 e. The zero-order chi connectivity index (χ0) is 13.0. The second-order valence-corrected chi connectivity index (χ2v) is 4.33. The molecule has 0 aromatic carbocycles. The van der Waals surface area contributed by atoms with Crippen LogP contribution in [0.25, 0.3) is 0 Å². The molecule has 0 unspecified atom stereocenters. The van der Waals surface area contributed by atoms with Crippen LogP contribution in [-0.4, -0.2) is 27.6 Å². The van der Waals surface area contributed by atoms with Crippen molar-refractivity contribution in [2.45, 2.75) is 13.3 Å². The molecule has 0 saturated carbocycles. The molecule has 7 heteroatoms. The highest BCUT2D eigenvalue weighted by molar-refractivity contribution is 9.10. The molecular weight excluding hydrogens is 300 g/mol. The first-order valence-electron chi connectivity index (χ1n) is 5.34. The molecule has 0 aliphatic rings. The van der Waals surface area contributed by atoms with Crippen LogP contribution in [0.15, 0.2) is 27.5 Å². The molecule has 2 heterocycles. The summed E-state index contributed by atoms with van der Waals surface area (Å²) in [4.78, 5) is 19.8. The molecule has 94 valence electrons. The van der Waals surface area contributed by atoms with E-state index >= 15 is 0 Å². The number of halogens is 1. The smallest absolute Gasteiger partial charge is 0.254 e. The van der Waals surface area contributed by atoms with Gasteiger partial charge >= 0.3 is 0 Å². The van der Waals surface area contributed by atoms with Crippen LogP contribution in [-0.2, 0) is 6.42 Å². The summed E-state index contributed by atoms with van der Waals surface area (Å²) in [6.45, 7) is 2.17. The van der Waals surface area contributed by atoms with E-state index in [1.165, 1.54) is 0 Å². The third kappa shape index (κ3) is 3.13. The molecule has 18 heavy (non-hydrogen) atoms. The fourth-order valence-electron chi connectivity index (χ4n) is 1.38. The number of rotatable bonds is 4. The average Bonchev–Trinajstić information content (AvgIpc) is 2.75. The molecule has 0 radical (unpaired) electrons. The van der Waals surface area contributed by atoms with E-state index in [2.05, 4.69) is 36.4 Å². The number of carbonyl (C=O) groups is 1. The lowest BCUT2D eigenvalue weighted by Gasteiger charge is -2.04. The molecule has 0 atom stereocenters. The van der Waals surface area contributed by atoms with Gasteiger partial charge in [0, 0.05) is 26.1 Å². The van der Waals surface area contributed by atoms with Crippen LogP contribution >= 0.6 is 15.9 Å². The van der Waals surface area contributed by atoms with Gasteiger partial charge in [0.2, 0.25) is 5.89 Å². The third-order valence-electron chi connectivity index (χ3n) is 2.21. The summed E-state index contributed by atoms with van der Waals surface area (Å²) in [5, 5.41) is 6.51. The summed E-state index contributed by atoms with van der Waals surface area (Å²) in [7, 11) is 0. The number of nitrogens with one attached hydrogen (secondary N) is 1. The summed E-state index contributed by atoms with van der Waals surface area (Å²) >= 11 is 3.23. The molecule has 2 rings (SSSR count). The number of carbonyl (C=O) groups excluding carboxylic acids is 1. The minimum atomic E-state index is -0.185. The number of aromatic nitrogens is 3. The van der Waals surface area contributed by atoms with E-state index in [1.807, 2.05) is 0 Å². The van der Waals surface area contributed by atoms with Gasteiger partial charge in [0.25, 0.3) is 5.91 Å². The molecule has 1 amide bonds. The van der Waals surface area contributed by atoms with Gasteiger partial charge in [0.05, 0.1) is 5.56 Å². The van der Waals surface area contributed by atoms with Crippen LogP contribution in [0.1, 0.15) is 22.1 Å². The van der Waals surface area contributed by atoms with Gasteiger partial charge in [-0.1, -0.05) is 5.16 Å². The Morgan fingerprint density at radius 2 is 2.39 bits per heavy atom. The number of aryl methyl sites for hydroxylation is 1. The fourth-order valence-corrected chi connectivity index (χ4v) is 1.81. The second-order valence-electron chi connectivity index (χ2n) is 3.58. The SMILES string of the molecule is Cc1nc(CCNC(=O)c2cccnc2Br)no1. The van der Waals surface area contributed by atoms with E-state index in [4.69, 9.17) is 4.52 Å². The lowest BCUT2D eigenvalue weighted by molar-refractivity contribution is 0.0952. The van der Waals surface area contributed by atoms with Crippen molar-refractivity contribution in [3.63, 3.8) is 0 Å². The molecule has 0 saturated heterocycles. The number of amides is 1. The molecule has 0 fully saturated rings. The van der Waals surface area contributed by atoms with Crippen molar-refractivity contribution in [1.82, 2.24) is 20.4 Å². The molecule has 6 nitrogen and oxygen atoms in total. The predicted molar refractivity (Wildman–Crippen MR) is 67.0 cm³/mol. The topological polar surface area (TPSA) is 80.9 Å². The average molecular weight is 311 g/mol. The van der Waals surface area contributed by atoms with E-state index in [0.29, 0.717) is 34.8 Å². The van der Waals surface area contributed by atoms with Gasteiger partial charge in [-0.15, -0.1) is 0 Å². The maximum absolute atomic E-state index is 11.8. The summed E-state index contributed by atoms with van der Waals surface area (Å²) in [6, 6.07) is 3.41. The van der Waals surface area contributed by atoms with Crippen LogP contribution in [0.3, 0.4) is 0 Å². The molecule has 2 aromatic heterocycles. The van der Waals surface area contributed by atoms with Crippen LogP contribution in [0.5, 0.6) is 0 Å². The Balaban J connectivity index is 1.87. The first-order chi connectivity index (χ1) is 8.66. The standard InChI is InChI=1S/C11H11BrN4O2/c1-7-15-9(16-18-7)4-6-14-11(17)8-3-2-5-13-10(8)12/h2-3,5H,4,6H2,1H3,(H,14,17). The molecule has 2 aromatic rings. The van der Waals surface area contributed by atoms with Crippen LogP contribution in [0.4, 0.5) is 0 Å². The van der Waals surface area contributed by atoms with Crippen LogP contribution in [0, 0.1) is 6.92 Å². The van der Waals surface area contributed by atoms with Crippen molar-refractivity contribution in [1.29, 1.82) is 0 Å². The Labute approximate surface area is 112 Å². The first-order valence-corrected chi connectivity index (χ1v) is 6.14. The van der Waals surface area contributed by atoms with Crippen molar-refractivity contribution < 1.29 is 9.32 Å². The van der Waals surface area contributed by atoms with Gasteiger partial charge in [-0.25, -0.2) is 4.98 Å². The zero-order valence-electron chi connectivity index (χ0n) is 9.68. The lowest BCUT2D eigenvalue weighted by atomic mass is 10.2. The van der Waals surface area contributed by atoms with Gasteiger partial charge in [0.1, 0.15) is 4.60 Å². The Morgan fingerprint density at radius 1 is 1.56 bits per heavy atom. The molecule has 0 spiro atoms. The van der Waals surface area contributed by atoms with Gasteiger partial charge in [0.15, 0.2) is 5.82 Å². The maximum Gasteiger partial charge on any atom is 0.254 e. The van der Waals surface area contributed by atoms with Gasteiger partial charge < -0.3 is 9.84 Å². The van der Waals surface area contributed by atoms with E-state index in [1.54, 1.807) is 25.3 Å². The Bertz CT molecular complexity index is 555. The fraction of sp³-hybridized carbons (Fsp3) is 0.273. The normalized spacial score (nSPS) is 10.3. The monoisotopic (exact) mass is 310 g/mol. The number of hydrogen-bond acceptors (Lipinski definition) is 5. The Morgan fingerprint density at radius 3 is 3.06 bits per heavy atom. The highest BCUT2D eigenvalue weighted by Gasteiger charge is 2.10. The van der Waals surface area contributed by atoms with E-state index in [9.17, 15) is 4.79 Å². The van der Waals surface area contributed by atoms with Gasteiger partial charge in [-0.05, 0) is 28.1 Å². The highest BCUT2D eigenvalue weighted by atomic mass is 79.9. The molecule has 0 aliphatic carbocycles. The van der Waals surface area contributed by atoms with Crippen molar-refractivity contribution in [3.05, 3.63) is 40.2 Å². The predicted octanol–water partition coefficient (Wildman–Crippen LogP) is 1.51. The molecule has 0 aliphatic heterocycles. The Hall–Kier alpha value is -1.76. The highest BCUT2D eigenvalue weighted by Crippen LogP contribution is 2.11. The van der Waals surface area contributed by atoms with E-state index in [0.717, 1.165) is 0 Å². The quantitative estimate of drug-likeness (QED) is 0.866. The minimum Gasteiger partial charge on any atom is -0.351 e.